The molecule has 0 saturated carbocycles. The van der Waals surface area contributed by atoms with E-state index in [-0.39, 0.29) is 43.9 Å². The number of methoxy groups -OCH3 is 1. The molecular formula is C42H55N3O8. The normalized spacial score (nSPS) is 24.7. The Labute approximate surface area is 313 Å². The van der Waals surface area contributed by atoms with E-state index in [9.17, 15) is 19.5 Å². The largest absolute Gasteiger partial charge is 0.455 e. The number of carbonyl (C=O) groups excluding carboxylic acids is 4. The van der Waals surface area contributed by atoms with Gasteiger partial charge in [0.15, 0.2) is 0 Å². The summed E-state index contributed by atoms with van der Waals surface area (Å²) in [7, 11) is 1.51. The molecule has 2 aromatic carbocycles. The van der Waals surface area contributed by atoms with Gasteiger partial charge in [0, 0.05) is 25.8 Å². The van der Waals surface area contributed by atoms with Crippen LogP contribution in [0.4, 0.5) is 5.69 Å². The van der Waals surface area contributed by atoms with Gasteiger partial charge in [-0.1, -0.05) is 68.5 Å². The summed E-state index contributed by atoms with van der Waals surface area (Å²) in [5.74, 6) is -3.60. The molecule has 286 valence electrons. The third-order valence-electron chi connectivity index (χ3n) is 10.8. The summed E-state index contributed by atoms with van der Waals surface area (Å²) < 4.78 is 18.6. The van der Waals surface area contributed by atoms with Crippen molar-refractivity contribution in [3.8, 4) is 0 Å². The zero-order chi connectivity index (χ0) is 38.4. The van der Waals surface area contributed by atoms with Crippen LogP contribution in [0.3, 0.4) is 0 Å². The highest BCUT2D eigenvalue weighted by Gasteiger charge is 2.76. The second kappa shape index (κ2) is 17.2. The van der Waals surface area contributed by atoms with E-state index in [4.69, 9.17) is 14.2 Å². The molecule has 53 heavy (non-hydrogen) atoms. The summed E-state index contributed by atoms with van der Waals surface area (Å²) in [4.78, 5) is 60.7. The number of ether oxygens (including phenoxy) is 3. The van der Waals surface area contributed by atoms with Gasteiger partial charge in [0.05, 0.1) is 43.2 Å². The van der Waals surface area contributed by atoms with Crippen LogP contribution in [0.2, 0.25) is 0 Å². The lowest BCUT2D eigenvalue weighted by Gasteiger charge is -2.40. The maximum absolute atomic E-state index is 15.1. The zero-order valence-electron chi connectivity index (χ0n) is 31.7. The molecule has 5 rings (SSSR count). The fourth-order valence-electron chi connectivity index (χ4n) is 8.57. The molecule has 11 nitrogen and oxygen atoms in total. The Balaban J connectivity index is 1.55. The van der Waals surface area contributed by atoms with Crippen LogP contribution >= 0.6 is 0 Å². The summed E-state index contributed by atoms with van der Waals surface area (Å²) in [6, 6.07) is 12.4. The number of aryl methyl sites for hydroxylation is 2. The van der Waals surface area contributed by atoms with Crippen LogP contribution in [0.1, 0.15) is 68.7 Å². The molecule has 2 N–H and O–H groups in total. The Morgan fingerprint density at radius 3 is 2.51 bits per heavy atom. The van der Waals surface area contributed by atoms with Crippen LogP contribution in [0.25, 0.3) is 0 Å². The molecular weight excluding hydrogens is 674 g/mol. The molecule has 3 fully saturated rings. The van der Waals surface area contributed by atoms with Crippen molar-refractivity contribution in [3.05, 3.63) is 90.5 Å². The lowest BCUT2D eigenvalue weighted by atomic mass is 9.70. The number of carbonyl (C=O) groups is 4. The summed E-state index contributed by atoms with van der Waals surface area (Å²) >= 11 is 0. The number of nitrogens with zero attached hydrogens (tertiary/aromatic N) is 2. The number of benzene rings is 2. The Morgan fingerprint density at radius 1 is 1.13 bits per heavy atom. The minimum absolute atomic E-state index is 0.0544. The number of likely N-dealkylation sites (tertiary alicyclic amines) is 1. The average Bonchev–Trinajstić information content (AvgIpc) is 3.79. The SMILES string of the molecule is C=CCCC(=O)N[C@@H](COC)[C@@H](OC(=O)[C@@H]1[C@H]2C(=O)N([C@@H](CO)CC(C)C)[C@H](C(=O)N(CC=C)c3cc(C)ccc3C)[C@]23CC[C@H]1O3)c1ccccc1. The van der Waals surface area contributed by atoms with Crippen molar-refractivity contribution in [2.45, 2.75) is 95.7 Å². The summed E-state index contributed by atoms with van der Waals surface area (Å²) in [6.45, 7) is 15.4. The molecule has 3 aliphatic rings. The van der Waals surface area contributed by atoms with Crippen molar-refractivity contribution in [3.63, 3.8) is 0 Å². The number of hydrogen-bond donors (Lipinski definition) is 2. The fraction of sp³-hybridized carbons (Fsp3) is 0.524. The first-order chi connectivity index (χ1) is 25.4. The molecule has 3 aliphatic heterocycles. The van der Waals surface area contributed by atoms with Gasteiger partial charge in [0.1, 0.15) is 17.7 Å². The predicted octanol–water partition coefficient (Wildman–Crippen LogP) is 4.99. The van der Waals surface area contributed by atoms with Crippen LogP contribution < -0.4 is 10.2 Å². The Kier molecular flexibility index (Phi) is 13.0. The molecule has 8 atom stereocenters. The Bertz CT molecular complexity index is 1660. The average molecular weight is 730 g/mol. The van der Waals surface area contributed by atoms with E-state index in [1.807, 2.05) is 76.2 Å². The lowest BCUT2D eigenvalue weighted by molar-refractivity contribution is -0.163. The highest BCUT2D eigenvalue weighted by Crippen LogP contribution is 2.59. The smallest absolute Gasteiger partial charge is 0.313 e. The van der Waals surface area contributed by atoms with Crippen LogP contribution in [0.15, 0.2) is 73.8 Å². The Hall–Kier alpha value is -4.32. The third-order valence-corrected chi connectivity index (χ3v) is 10.8. The van der Waals surface area contributed by atoms with E-state index < -0.39 is 59.6 Å². The standard InChI is InChI=1S/C42H55N3O8/c1-8-10-16-34(47)43-31(25-51-7)37(29-14-12-11-13-15-29)52-41(50)35-33-19-20-42(53-33)36(35)39(48)45(30(24-46)22-26(3)4)38(42)40(49)44(21-9-2)32-23-27(5)17-18-28(32)6/h8-9,11-15,17-18,23,26,30-31,33,35-38,46H,1-2,10,16,19-22,24-25H2,3-7H3,(H,43,47)/t30-,31+,33-,35+,36+,37+,38-,42+/m1/s1. The van der Waals surface area contributed by atoms with E-state index in [1.165, 1.54) is 12.0 Å². The van der Waals surface area contributed by atoms with Crippen LogP contribution in [0.5, 0.6) is 0 Å². The van der Waals surface area contributed by atoms with Gasteiger partial charge in [0.2, 0.25) is 11.8 Å². The van der Waals surface area contributed by atoms with Gasteiger partial charge >= 0.3 is 5.97 Å². The number of amides is 3. The van der Waals surface area contributed by atoms with Gasteiger partial charge in [-0.15, -0.1) is 13.2 Å². The predicted molar refractivity (Wildman–Crippen MR) is 202 cm³/mol. The van der Waals surface area contributed by atoms with Gasteiger partial charge in [0.25, 0.3) is 5.91 Å². The van der Waals surface area contributed by atoms with Gasteiger partial charge < -0.3 is 34.4 Å². The first kappa shape index (κ1) is 39.9. The van der Waals surface area contributed by atoms with Gasteiger partial charge in [-0.3, -0.25) is 19.2 Å². The number of aliphatic hydroxyl groups excluding tert-OH is 1. The molecule has 3 saturated heterocycles. The quantitative estimate of drug-likeness (QED) is 0.162. The van der Waals surface area contributed by atoms with Crippen molar-refractivity contribution in [2.75, 3.05) is 31.8 Å². The second-order valence-electron chi connectivity index (χ2n) is 15.0. The van der Waals surface area contributed by atoms with Crippen molar-refractivity contribution in [2.24, 2.45) is 17.8 Å². The van der Waals surface area contributed by atoms with Crippen LogP contribution in [0, 0.1) is 31.6 Å². The second-order valence-corrected chi connectivity index (χ2v) is 15.0. The molecule has 0 radical (unpaired) electrons. The summed E-state index contributed by atoms with van der Waals surface area (Å²) in [5, 5.41) is 13.7. The molecule has 1 spiro atoms. The van der Waals surface area contributed by atoms with Crippen molar-refractivity contribution < 1.29 is 38.5 Å². The van der Waals surface area contributed by atoms with Crippen LogP contribution in [-0.2, 0) is 33.4 Å². The monoisotopic (exact) mass is 729 g/mol. The highest BCUT2D eigenvalue weighted by atomic mass is 16.6. The van der Waals surface area contributed by atoms with E-state index in [2.05, 4.69) is 18.5 Å². The van der Waals surface area contributed by atoms with E-state index in [1.54, 1.807) is 17.1 Å². The van der Waals surface area contributed by atoms with Crippen LogP contribution in [-0.4, -0.2) is 90.4 Å². The molecule has 0 aliphatic carbocycles. The molecule has 2 aromatic rings. The number of nitrogens with one attached hydrogen (secondary N) is 1. The van der Waals surface area contributed by atoms with Crippen molar-refractivity contribution >= 4 is 29.4 Å². The molecule has 3 amide bonds. The number of hydrogen-bond acceptors (Lipinski definition) is 8. The number of fused-ring (bicyclic) bond motifs is 1. The zero-order valence-corrected chi connectivity index (χ0v) is 31.7. The molecule has 11 heteroatoms. The van der Waals surface area contributed by atoms with E-state index in [0.29, 0.717) is 36.9 Å². The molecule has 3 heterocycles. The van der Waals surface area contributed by atoms with E-state index >= 15 is 4.79 Å². The Morgan fingerprint density at radius 2 is 1.87 bits per heavy atom. The first-order valence-electron chi connectivity index (χ1n) is 18.7. The van der Waals surface area contributed by atoms with Crippen molar-refractivity contribution in [1.82, 2.24) is 10.2 Å². The maximum Gasteiger partial charge on any atom is 0.313 e. The van der Waals surface area contributed by atoms with Gasteiger partial charge in [-0.2, -0.15) is 0 Å². The number of esters is 1. The lowest BCUT2D eigenvalue weighted by Crippen LogP contribution is -2.59. The summed E-state index contributed by atoms with van der Waals surface area (Å²) in [6.07, 6.45) is 3.64. The minimum atomic E-state index is -1.32. The number of aliphatic hydroxyl groups is 1. The topological polar surface area (TPSA) is 135 Å². The number of rotatable bonds is 18. The fourth-order valence-corrected chi connectivity index (χ4v) is 8.57. The van der Waals surface area contributed by atoms with Crippen molar-refractivity contribution in [1.29, 1.82) is 0 Å². The highest BCUT2D eigenvalue weighted by molar-refractivity contribution is 6.05. The van der Waals surface area contributed by atoms with Gasteiger partial charge in [-0.05, 0) is 68.2 Å². The number of anilines is 1. The molecule has 0 aromatic heterocycles. The van der Waals surface area contributed by atoms with E-state index in [0.717, 1.165) is 11.1 Å². The molecule has 2 bridgehead atoms. The first-order valence-corrected chi connectivity index (χ1v) is 18.7. The third kappa shape index (κ3) is 7.98. The number of allylic oxidation sites excluding steroid dienone is 1. The molecule has 0 unspecified atom stereocenters. The van der Waals surface area contributed by atoms with Gasteiger partial charge in [-0.25, -0.2) is 0 Å². The minimum Gasteiger partial charge on any atom is -0.455 e. The maximum atomic E-state index is 15.1. The summed E-state index contributed by atoms with van der Waals surface area (Å²) in [5.41, 5.74) is 1.86.